The number of hydrogen-bond acceptors (Lipinski definition) is 3. The van der Waals surface area contributed by atoms with E-state index in [1.54, 1.807) is 0 Å². The van der Waals surface area contributed by atoms with E-state index in [4.69, 9.17) is 0 Å². The summed E-state index contributed by atoms with van der Waals surface area (Å²) in [6, 6.07) is 9.31. The highest BCUT2D eigenvalue weighted by Crippen LogP contribution is 2.25. The molecule has 0 saturated carbocycles. The third kappa shape index (κ3) is 4.73. The Labute approximate surface area is 148 Å². The number of likely N-dealkylation sites (tertiary alicyclic amines) is 1. The van der Waals surface area contributed by atoms with Crippen LogP contribution < -0.4 is 4.90 Å². The van der Waals surface area contributed by atoms with Gasteiger partial charge in [0.05, 0.1) is 0 Å². The fourth-order valence-electron chi connectivity index (χ4n) is 4.22. The van der Waals surface area contributed by atoms with Crippen molar-refractivity contribution in [2.45, 2.75) is 46.1 Å². The van der Waals surface area contributed by atoms with Crippen molar-refractivity contribution < 1.29 is 0 Å². The van der Waals surface area contributed by atoms with E-state index >= 15 is 0 Å². The number of piperidine rings is 1. The van der Waals surface area contributed by atoms with Crippen LogP contribution in [0.1, 0.15) is 45.1 Å². The normalized spacial score (nSPS) is 20.2. The smallest absolute Gasteiger partial charge is 0.0366 e. The van der Waals surface area contributed by atoms with E-state index in [0.717, 1.165) is 25.6 Å². The zero-order valence-corrected chi connectivity index (χ0v) is 15.7. The second-order valence-electron chi connectivity index (χ2n) is 7.57. The molecule has 134 valence electrons. The Kier molecular flexibility index (Phi) is 6.56. The first kappa shape index (κ1) is 17.8. The van der Waals surface area contributed by atoms with E-state index in [2.05, 4.69) is 52.8 Å². The van der Waals surface area contributed by atoms with Gasteiger partial charge in [-0.05, 0) is 75.5 Å². The molecule has 2 aliphatic heterocycles. The lowest BCUT2D eigenvalue weighted by molar-refractivity contribution is 0.249. The maximum atomic E-state index is 2.68. The zero-order chi connectivity index (χ0) is 16.8. The fraction of sp³-hybridized carbons (Fsp3) is 0.714. The van der Waals surface area contributed by atoms with Crippen molar-refractivity contribution >= 4 is 5.69 Å². The van der Waals surface area contributed by atoms with E-state index < -0.39 is 0 Å². The molecule has 0 amide bonds. The summed E-state index contributed by atoms with van der Waals surface area (Å²) in [4.78, 5) is 7.74. The SMILES string of the molecule is CCN(CC)Cc1ccc(N2CCC(CN3CCCC3)CC2)cc1. The lowest BCUT2D eigenvalue weighted by atomic mass is 9.95. The number of hydrogen-bond donors (Lipinski definition) is 0. The molecule has 1 aromatic carbocycles. The molecule has 2 heterocycles. The summed E-state index contributed by atoms with van der Waals surface area (Å²) in [5.74, 6) is 0.918. The van der Waals surface area contributed by atoms with Gasteiger partial charge in [0.25, 0.3) is 0 Å². The van der Waals surface area contributed by atoms with Gasteiger partial charge < -0.3 is 9.80 Å². The summed E-state index contributed by atoms with van der Waals surface area (Å²) in [7, 11) is 0. The van der Waals surface area contributed by atoms with Crippen LogP contribution in [-0.4, -0.2) is 55.6 Å². The molecule has 0 unspecified atom stereocenters. The molecule has 1 aromatic rings. The standard InChI is InChI=1S/C21H35N3/c1-3-22(4-2)17-19-7-9-21(10-8-19)24-15-11-20(12-16-24)18-23-13-5-6-14-23/h7-10,20H,3-6,11-18H2,1-2H3. The molecule has 0 bridgehead atoms. The zero-order valence-electron chi connectivity index (χ0n) is 15.7. The maximum absolute atomic E-state index is 2.68. The highest BCUT2D eigenvalue weighted by Gasteiger charge is 2.22. The van der Waals surface area contributed by atoms with Crippen molar-refractivity contribution in [2.75, 3.05) is 50.7 Å². The Hall–Kier alpha value is -1.06. The average molecular weight is 330 g/mol. The van der Waals surface area contributed by atoms with Gasteiger partial charge in [0.15, 0.2) is 0 Å². The molecule has 0 spiro atoms. The molecule has 0 N–H and O–H groups in total. The third-order valence-electron chi connectivity index (χ3n) is 5.93. The van der Waals surface area contributed by atoms with Crippen LogP contribution in [0, 0.1) is 5.92 Å². The molecule has 0 radical (unpaired) electrons. The van der Waals surface area contributed by atoms with E-state index in [-0.39, 0.29) is 0 Å². The van der Waals surface area contributed by atoms with Crippen LogP contribution in [-0.2, 0) is 6.54 Å². The van der Waals surface area contributed by atoms with Gasteiger partial charge >= 0.3 is 0 Å². The minimum Gasteiger partial charge on any atom is -0.372 e. The fourth-order valence-corrected chi connectivity index (χ4v) is 4.22. The van der Waals surface area contributed by atoms with Crippen molar-refractivity contribution in [3.05, 3.63) is 29.8 Å². The van der Waals surface area contributed by atoms with E-state index in [1.807, 2.05) is 0 Å². The molecule has 0 atom stereocenters. The molecular formula is C21H35N3. The molecule has 0 aromatic heterocycles. The predicted octanol–water partition coefficient (Wildman–Crippen LogP) is 3.84. The summed E-state index contributed by atoms with van der Waals surface area (Å²) in [6.45, 7) is 14.3. The Morgan fingerprint density at radius 1 is 0.917 bits per heavy atom. The van der Waals surface area contributed by atoms with Crippen LogP contribution >= 0.6 is 0 Å². The lowest BCUT2D eigenvalue weighted by Gasteiger charge is -2.35. The van der Waals surface area contributed by atoms with Gasteiger partial charge in [-0.15, -0.1) is 0 Å². The molecule has 0 aliphatic carbocycles. The van der Waals surface area contributed by atoms with Crippen molar-refractivity contribution in [1.29, 1.82) is 0 Å². The molecule has 24 heavy (non-hydrogen) atoms. The van der Waals surface area contributed by atoms with Crippen LogP contribution in [0.2, 0.25) is 0 Å². The Morgan fingerprint density at radius 3 is 2.12 bits per heavy atom. The lowest BCUT2D eigenvalue weighted by Crippen LogP contribution is -2.38. The topological polar surface area (TPSA) is 9.72 Å². The van der Waals surface area contributed by atoms with Crippen LogP contribution in [0.25, 0.3) is 0 Å². The van der Waals surface area contributed by atoms with Gasteiger partial charge in [-0.2, -0.15) is 0 Å². The van der Waals surface area contributed by atoms with Gasteiger partial charge in [0, 0.05) is 31.9 Å². The van der Waals surface area contributed by atoms with Crippen LogP contribution in [0.3, 0.4) is 0 Å². The van der Waals surface area contributed by atoms with Crippen LogP contribution in [0.5, 0.6) is 0 Å². The summed E-state index contributed by atoms with van der Waals surface area (Å²) in [6.07, 6.45) is 5.55. The monoisotopic (exact) mass is 329 g/mol. The van der Waals surface area contributed by atoms with Gasteiger partial charge in [0.2, 0.25) is 0 Å². The van der Waals surface area contributed by atoms with Crippen molar-refractivity contribution in [3.63, 3.8) is 0 Å². The third-order valence-corrected chi connectivity index (χ3v) is 5.93. The first-order chi connectivity index (χ1) is 11.8. The highest BCUT2D eigenvalue weighted by atomic mass is 15.2. The largest absolute Gasteiger partial charge is 0.372 e. The van der Waals surface area contributed by atoms with E-state index in [9.17, 15) is 0 Å². The van der Waals surface area contributed by atoms with E-state index in [1.165, 1.54) is 69.7 Å². The van der Waals surface area contributed by atoms with Gasteiger partial charge in [-0.3, -0.25) is 4.90 Å². The summed E-state index contributed by atoms with van der Waals surface area (Å²) in [5, 5.41) is 0. The molecule has 2 fully saturated rings. The number of nitrogens with zero attached hydrogens (tertiary/aromatic N) is 3. The minimum atomic E-state index is 0.918. The molecule has 3 rings (SSSR count). The molecule has 2 saturated heterocycles. The highest BCUT2D eigenvalue weighted by molar-refractivity contribution is 5.48. The summed E-state index contributed by atoms with van der Waals surface area (Å²) in [5.41, 5.74) is 2.85. The maximum Gasteiger partial charge on any atom is 0.0366 e. The van der Waals surface area contributed by atoms with Crippen molar-refractivity contribution in [3.8, 4) is 0 Å². The molecule has 3 heteroatoms. The first-order valence-electron chi connectivity index (χ1n) is 10.1. The number of rotatable bonds is 7. The first-order valence-corrected chi connectivity index (χ1v) is 10.1. The Morgan fingerprint density at radius 2 is 1.54 bits per heavy atom. The summed E-state index contributed by atoms with van der Waals surface area (Å²) < 4.78 is 0. The van der Waals surface area contributed by atoms with Crippen LogP contribution in [0.4, 0.5) is 5.69 Å². The summed E-state index contributed by atoms with van der Waals surface area (Å²) >= 11 is 0. The van der Waals surface area contributed by atoms with Crippen molar-refractivity contribution in [2.24, 2.45) is 5.92 Å². The van der Waals surface area contributed by atoms with Crippen molar-refractivity contribution in [1.82, 2.24) is 9.80 Å². The molecule has 3 nitrogen and oxygen atoms in total. The minimum absolute atomic E-state index is 0.918. The predicted molar refractivity (Wildman–Crippen MR) is 104 cm³/mol. The second-order valence-corrected chi connectivity index (χ2v) is 7.57. The van der Waals surface area contributed by atoms with Crippen LogP contribution in [0.15, 0.2) is 24.3 Å². The quantitative estimate of drug-likeness (QED) is 0.752. The van der Waals surface area contributed by atoms with Gasteiger partial charge in [-0.25, -0.2) is 0 Å². The van der Waals surface area contributed by atoms with Gasteiger partial charge in [-0.1, -0.05) is 26.0 Å². The average Bonchev–Trinajstić information content (AvgIpc) is 3.14. The Balaban J connectivity index is 1.47. The Bertz CT molecular complexity index is 466. The second kappa shape index (κ2) is 8.87. The number of benzene rings is 1. The van der Waals surface area contributed by atoms with E-state index in [0.29, 0.717) is 0 Å². The molecular weight excluding hydrogens is 294 g/mol. The number of anilines is 1. The molecule has 2 aliphatic rings. The van der Waals surface area contributed by atoms with Gasteiger partial charge in [0.1, 0.15) is 0 Å².